The maximum absolute atomic E-state index is 14.5. The number of benzene rings is 3. The number of para-hydroxylation sites is 2. The van der Waals surface area contributed by atoms with E-state index in [1.807, 2.05) is 12.1 Å². The number of halogens is 1. The molecule has 0 bridgehead atoms. The third kappa shape index (κ3) is 4.29. The number of hydrogen-bond donors (Lipinski definition) is 1. The normalized spacial score (nSPS) is 20.4. The maximum atomic E-state index is 14.5. The molecule has 3 heterocycles. The lowest BCUT2D eigenvalue weighted by Gasteiger charge is -2.39. The quantitative estimate of drug-likeness (QED) is 0.317. The van der Waals surface area contributed by atoms with E-state index in [4.69, 9.17) is 0 Å². The van der Waals surface area contributed by atoms with Crippen molar-refractivity contribution in [2.24, 2.45) is 18.9 Å². The highest BCUT2D eigenvalue weighted by Crippen LogP contribution is 2.42. The van der Waals surface area contributed by atoms with Crippen molar-refractivity contribution in [1.29, 1.82) is 0 Å². The smallest absolute Gasteiger partial charge is 0.131 e. The summed E-state index contributed by atoms with van der Waals surface area (Å²) in [6.07, 6.45) is 7.69. The van der Waals surface area contributed by atoms with Crippen molar-refractivity contribution in [3.05, 3.63) is 84.3 Å². The Kier molecular flexibility index (Phi) is 5.69. The van der Waals surface area contributed by atoms with Crippen LogP contribution in [0.3, 0.4) is 0 Å². The Hall–Kier alpha value is -3.31. The number of fused-ring (bicyclic) bond motifs is 2. The van der Waals surface area contributed by atoms with E-state index in [0.29, 0.717) is 17.6 Å². The molecule has 1 saturated heterocycles. The van der Waals surface area contributed by atoms with Crippen molar-refractivity contribution < 1.29 is 4.39 Å². The molecule has 3 aromatic carbocycles. The Morgan fingerprint density at radius 1 is 0.892 bits per heavy atom. The highest BCUT2D eigenvalue weighted by Gasteiger charge is 2.38. The van der Waals surface area contributed by atoms with Crippen LogP contribution in [0.1, 0.15) is 31.2 Å². The van der Waals surface area contributed by atoms with Gasteiger partial charge in [-0.3, -0.25) is 4.90 Å². The van der Waals surface area contributed by atoms with Crippen molar-refractivity contribution in [2.45, 2.75) is 38.4 Å². The summed E-state index contributed by atoms with van der Waals surface area (Å²) in [4.78, 5) is 5.27. The summed E-state index contributed by atoms with van der Waals surface area (Å²) in [7, 11) is 2.06. The summed E-state index contributed by atoms with van der Waals surface area (Å²) in [6.45, 7) is 4.41. The number of anilines is 2. The van der Waals surface area contributed by atoms with Crippen LogP contribution in [0.4, 0.5) is 15.8 Å². The zero-order valence-corrected chi connectivity index (χ0v) is 21.5. The molecule has 1 N–H and O–H groups in total. The van der Waals surface area contributed by atoms with E-state index in [1.165, 1.54) is 55.2 Å². The van der Waals surface area contributed by atoms with E-state index in [-0.39, 0.29) is 5.82 Å². The molecule has 190 valence electrons. The van der Waals surface area contributed by atoms with Gasteiger partial charge in [-0.25, -0.2) is 4.39 Å². The van der Waals surface area contributed by atoms with Crippen molar-refractivity contribution in [3.8, 4) is 11.1 Å². The first kappa shape index (κ1) is 22.9. The second kappa shape index (κ2) is 9.21. The van der Waals surface area contributed by atoms with Crippen LogP contribution in [-0.4, -0.2) is 35.3 Å². The highest BCUT2D eigenvalue weighted by atomic mass is 19.1. The van der Waals surface area contributed by atoms with Gasteiger partial charge in [-0.05, 0) is 74.5 Å². The van der Waals surface area contributed by atoms with E-state index < -0.39 is 0 Å². The van der Waals surface area contributed by atoms with Crippen LogP contribution in [0.2, 0.25) is 0 Å². The monoisotopic (exact) mass is 494 g/mol. The average Bonchev–Trinajstić information content (AvgIpc) is 3.59. The fraction of sp³-hybridized carbons (Fsp3) is 0.375. The van der Waals surface area contributed by atoms with Crippen LogP contribution in [0.15, 0.2) is 72.9 Å². The summed E-state index contributed by atoms with van der Waals surface area (Å²) in [5.41, 5.74) is 6.82. The van der Waals surface area contributed by atoms with Gasteiger partial charge in [0.05, 0.1) is 11.4 Å². The lowest BCUT2D eigenvalue weighted by molar-refractivity contribution is 0.166. The van der Waals surface area contributed by atoms with Crippen LogP contribution >= 0.6 is 0 Å². The van der Waals surface area contributed by atoms with Gasteiger partial charge in [0.25, 0.3) is 0 Å². The van der Waals surface area contributed by atoms with Gasteiger partial charge in [-0.15, -0.1) is 0 Å². The predicted molar refractivity (Wildman–Crippen MR) is 150 cm³/mol. The maximum Gasteiger partial charge on any atom is 0.131 e. The molecule has 1 atom stereocenters. The summed E-state index contributed by atoms with van der Waals surface area (Å²) in [5, 5.41) is 4.98. The molecule has 0 radical (unpaired) electrons. The first-order valence-corrected chi connectivity index (χ1v) is 13.8. The Labute approximate surface area is 218 Å². The molecule has 1 unspecified atom stereocenters. The van der Waals surface area contributed by atoms with E-state index in [0.717, 1.165) is 42.0 Å². The standard InChI is InChI=1S/C32H35FN4/c1-35-21-27(25-6-2-3-7-28(25)33)26-13-12-23(18-31(26)35)19-36-16-14-24(15-17-36)32-34-29-8-4-5-9-30(29)37(32)20-22-10-11-22/h2-9,12-13,18,21-22,24,32,34H,10-11,14-17,19-20H2,1H3. The first-order chi connectivity index (χ1) is 18.1. The molecular formula is C32H35FN4. The Balaban J connectivity index is 1.04. The first-order valence-electron chi connectivity index (χ1n) is 13.8. The van der Waals surface area contributed by atoms with Gasteiger partial charge in [-0.2, -0.15) is 0 Å². The fourth-order valence-corrected chi connectivity index (χ4v) is 6.50. The summed E-state index contributed by atoms with van der Waals surface area (Å²) in [6, 6.07) is 22.6. The zero-order valence-electron chi connectivity index (χ0n) is 21.5. The molecule has 1 aromatic heterocycles. The number of hydrogen-bond acceptors (Lipinski definition) is 3. The molecule has 4 aromatic rings. The topological polar surface area (TPSA) is 23.4 Å². The average molecular weight is 495 g/mol. The van der Waals surface area contributed by atoms with Gasteiger partial charge in [0.2, 0.25) is 0 Å². The van der Waals surface area contributed by atoms with Crippen LogP contribution in [0.25, 0.3) is 22.0 Å². The number of likely N-dealkylation sites (tertiary alicyclic amines) is 1. The number of nitrogens with zero attached hydrogens (tertiary/aromatic N) is 3. The summed E-state index contributed by atoms with van der Waals surface area (Å²) in [5.74, 6) is 1.38. The molecule has 0 spiro atoms. The minimum Gasteiger partial charge on any atom is -0.363 e. The second-order valence-electron chi connectivity index (χ2n) is 11.3. The second-order valence-corrected chi connectivity index (χ2v) is 11.3. The molecule has 1 saturated carbocycles. The van der Waals surface area contributed by atoms with E-state index in [1.54, 1.807) is 6.07 Å². The van der Waals surface area contributed by atoms with Crippen molar-refractivity contribution >= 4 is 22.3 Å². The van der Waals surface area contributed by atoms with Crippen molar-refractivity contribution in [3.63, 3.8) is 0 Å². The van der Waals surface area contributed by atoms with Crippen molar-refractivity contribution in [1.82, 2.24) is 9.47 Å². The van der Waals surface area contributed by atoms with Gasteiger partial charge in [-0.1, -0.05) is 42.5 Å². The Morgan fingerprint density at radius 2 is 1.68 bits per heavy atom. The molecule has 5 heteroatoms. The minimum atomic E-state index is -0.169. The predicted octanol–water partition coefficient (Wildman–Crippen LogP) is 6.86. The van der Waals surface area contributed by atoms with E-state index >= 15 is 0 Å². The number of nitrogens with one attached hydrogen (secondary N) is 1. The van der Waals surface area contributed by atoms with E-state index in [2.05, 4.69) is 75.4 Å². The van der Waals surface area contributed by atoms with Gasteiger partial charge in [0.15, 0.2) is 0 Å². The highest BCUT2D eigenvalue weighted by molar-refractivity contribution is 5.96. The molecule has 2 fully saturated rings. The molecular weight excluding hydrogens is 459 g/mol. The SMILES string of the molecule is Cn1cc(-c2ccccc2F)c2ccc(CN3CCC(C4Nc5ccccc5N4CC4CC4)CC3)cc21. The van der Waals surface area contributed by atoms with Crippen LogP contribution in [0.5, 0.6) is 0 Å². The molecule has 1 aliphatic carbocycles. The fourth-order valence-electron chi connectivity index (χ4n) is 6.50. The number of piperidine rings is 1. The van der Waals surface area contributed by atoms with E-state index in [9.17, 15) is 4.39 Å². The van der Waals surface area contributed by atoms with Gasteiger partial charge < -0.3 is 14.8 Å². The summed E-state index contributed by atoms with van der Waals surface area (Å²) < 4.78 is 16.6. The molecule has 0 amide bonds. The Morgan fingerprint density at radius 3 is 2.49 bits per heavy atom. The van der Waals surface area contributed by atoms with Gasteiger partial charge in [0, 0.05) is 54.3 Å². The van der Waals surface area contributed by atoms with Gasteiger partial charge in [0.1, 0.15) is 12.0 Å². The molecule has 37 heavy (non-hydrogen) atoms. The third-order valence-electron chi connectivity index (χ3n) is 8.71. The lowest BCUT2D eigenvalue weighted by atomic mass is 9.92. The molecule has 3 aliphatic rings. The van der Waals surface area contributed by atoms with Crippen molar-refractivity contribution in [2.75, 3.05) is 29.9 Å². The van der Waals surface area contributed by atoms with Crippen LogP contribution in [-0.2, 0) is 13.6 Å². The molecule has 7 rings (SSSR count). The van der Waals surface area contributed by atoms with Gasteiger partial charge >= 0.3 is 0 Å². The number of aryl methyl sites for hydroxylation is 1. The number of rotatable bonds is 6. The largest absolute Gasteiger partial charge is 0.363 e. The zero-order chi connectivity index (χ0) is 24.9. The van der Waals surface area contributed by atoms with Crippen LogP contribution < -0.4 is 10.2 Å². The molecule has 2 aliphatic heterocycles. The third-order valence-corrected chi connectivity index (χ3v) is 8.71. The van der Waals surface area contributed by atoms with Crippen LogP contribution in [0, 0.1) is 17.7 Å². The molecule has 4 nitrogen and oxygen atoms in total. The summed E-state index contributed by atoms with van der Waals surface area (Å²) >= 11 is 0. The Bertz CT molecular complexity index is 1430. The lowest BCUT2D eigenvalue weighted by Crippen LogP contribution is -2.47. The number of aromatic nitrogens is 1. The minimum absolute atomic E-state index is 0.169.